The quantitative estimate of drug-likeness (QED) is 0.874. The lowest BCUT2D eigenvalue weighted by molar-refractivity contribution is 0.534. The lowest BCUT2D eigenvalue weighted by atomic mass is 9.99. The Hall–Kier alpha value is -0.870. The van der Waals surface area contributed by atoms with Gasteiger partial charge in [0.1, 0.15) is 0 Å². The summed E-state index contributed by atoms with van der Waals surface area (Å²) < 4.78 is 11.1. The van der Waals surface area contributed by atoms with E-state index < -0.39 is 10.8 Å². The van der Waals surface area contributed by atoms with Gasteiger partial charge in [0.25, 0.3) is 0 Å². The Kier molecular flexibility index (Phi) is 5.61. The molecule has 0 bridgehead atoms. The van der Waals surface area contributed by atoms with Crippen LogP contribution in [0.15, 0.2) is 18.2 Å². The molecule has 20 heavy (non-hydrogen) atoms. The lowest BCUT2D eigenvalue weighted by Gasteiger charge is -2.28. The van der Waals surface area contributed by atoms with Gasteiger partial charge in [0.2, 0.25) is 0 Å². The van der Waals surface area contributed by atoms with Crippen LogP contribution in [0.25, 0.3) is 0 Å². The molecule has 2 rings (SSSR count). The van der Waals surface area contributed by atoms with E-state index >= 15 is 0 Å². The summed E-state index contributed by atoms with van der Waals surface area (Å²) in [5.41, 5.74) is 4.21. The van der Waals surface area contributed by atoms with Crippen molar-refractivity contribution in [2.75, 3.05) is 30.5 Å². The van der Waals surface area contributed by atoms with E-state index in [1.165, 1.54) is 29.7 Å². The number of rotatable bonds is 6. The SMILES string of the molecule is CC(CCS(C)=O)NCc1ccc2c(c1)CCCN2C. The van der Waals surface area contributed by atoms with Crippen LogP contribution >= 0.6 is 0 Å². The Bertz CT molecular complexity index is 476. The molecule has 1 aliphatic rings. The van der Waals surface area contributed by atoms with Crippen molar-refractivity contribution in [1.29, 1.82) is 0 Å². The van der Waals surface area contributed by atoms with Crippen molar-refractivity contribution in [2.45, 2.75) is 38.8 Å². The summed E-state index contributed by atoms with van der Waals surface area (Å²) >= 11 is 0. The van der Waals surface area contributed by atoms with Crippen LogP contribution in [-0.4, -0.2) is 35.9 Å². The normalized spacial score (nSPS) is 17.6. The van der Waals surface area contributed by atoms with Crippen molar-refractivity contribution in [3.63, 3.8) is 0 Å². The highest BCUT2D eigenvalue weighted by atomic mass is 32.2. The van der Waals surface area contributed by atoms with E-state index in [0.717, 1.165) is 25.3 Å². The average molecular weight is 294 g/mol. The van der Waals surface area contributed by atoms with Crippen molar-refractivity contribution in [1.82, 2.24) is 5.32 Å². The van der Waals surface area contributed by atoms with Gasteiger partial charge in [-0.05, 0) is 43.4 Å². The molecule has 2 atom stereocenters. The molecule has 1 aliphatic heterocycles. The van der Waals surface area contributed by atoms with Gasteiger partial charge in [-0.1, -0.05) is 12.1 Å². The Morgan fingerprint density at radius 1 is 1.45 bits per heavy atom. The third kappa shape index (κ3) is 4.32. The maximum Gasteiger partial charge on any atom is 0.0396 e. The molecule has 0 saturated carbocycles. The molecule has 112 valence electrons. The maximum absolute atomic E-state index is 11.1. The molecule has 3 nitrogen and oxygen atoms in total. The van der Waals surface area contributed by atoms with Gasteiger partial charge in [-0.3, -0.25) is 4.21 Å². The number of hydrogen-bond donors (Lipinski definition) is 1. The zero-order valence-electron chi connectivity index (χ0n) is 12.8. The number of nitrogens with one attached hydrogen (secondary N) is 1. The van der Waals surface area contributed by atoms with Crippen LogP contribution < -0.4 is 10.2 Å². The first kappa shape index (κ1) is 15.5. The second-order valence-electron chi connectivity index (χ2n) is 5.84. The van der Waals surface area contributed by atoms with Crippen LogP contribution in [0.5, 0.6) is 0 Å². The number of nitrogens with zero attached hydrogens (tertiary/aromatic N) is 1. The second-order valence-corrected chi connectivity index (χ2v) is 7.39. The lowest BCUT2D eigenvalue weighted by Crippen LogP contribution is -2.27. The minimum Gasteiger partial charge on any atom is -0.374 e. The van der Waals surface area contributed by atoms with E-state index in [2.05, 4.69) is 42.4 Å². The molecule has 0 spiro atoms. The number of fused-ring (bicyclic) bond motifs is 1. The van der Waals surface area contributed by atoms with Crippen LogP contribution in [-0.2, 0) is 23.8 Å². The monoisotopic (exact) mass is 294 g/mol. The fourth-order valence-electron chi connectivity index (χ4n) is 2.69. The second kappa shape index (κ2) is 7.23. The predicted molar refractivity (Wildman–Crippen MR) is 87.9 cm³/mol. The van der Waals surface area contributed by atoms with E-state index in [0.29, 0.717) is 6.04 Å². The van der Waals surface area contributed by atoms with E-state index in [1.54, 1.807) is 6.26 Å². The Morgan fingerprint density at radius 2 is 2.25 bits per heavy atom. The van der Waals surface area contributed by atoms with Crippen LogP contribution in [0.1, 0.15) is 30.9 Å². The molecular formula is C16H26N2OS. The highest BCUT2D eigenvalue weighted by Gasteiger charge is 2.13. The van der Waals surface area contributed by atoms with Gasteiger partial charge in [-0.25, -0.2) is 0 Å². The van der Waals surface area contributed by atoms with Gasteiger partial charge in [-0.15, -0.1) is 0 Å². The zero-order chi connectivity index (χ0) is 14.5. The summed E-state index contributed by atoms with van der Waals surface area (Å²) in [7, 11) is 1.48. The standard InChI is InChI=1S/C16H26N2OS/c1-13(8-10-20(3)19)17-12-14-6-7-16-15(11-14)5-4-9-18(16)2/h6-7,11,13,17H,4-5,8-10,12H2,1-3H3. The average Bonchev–Trinajstić information content (AvgIpc) is 2.43. The molecule has 1 N–H and O–H groups in total. The third-order valence-corrected chi connectivity index (χ3v) is 4.80. The molecule has 1 aromatic rings. The van der Waals surface area contributed by atoms with E-state index in [4.69, 9.17) is 0 Å². The highest BCUT2D eigenvalue weighted by Crippen LogP contribution is 2.26. The smallest absolute Gasteiger partial charge is 0.0396 e. The van der Waals surface area contributed by atoms with Crippen molar-refractivity contribution in [3.05, 3.63) is 29.3 Å². The van der Waals surface area contributed by atoms with Crippen molar-refractivity contribution in [3.8, 4) is 0 Å². The molecule has 1 aromatic carbocycles. The zero-order valence-corrected chi connectivity index (χ0v) is 13.6. The molecule has 0 saturated heterocycles. The first-order valence-electron chi connectivity index (χ1n) is 7.42. The Morgan fingerprint density at radius 3 is 3.00 bits per heavy atom. The third-order valence-electron chi connectivity index (χ3n) is 3.99. The molecule has 0 fully saturated rings. The number of hydrogen-bond acceptors (Lipinski definition) is 3. The summed E-state index contributed by atoms with van der Waals surface area (Å²) in [6.07, 6.45) is 5.18. The minimum atomic E-state index is -0.686. The van der Waals surface area contributed by atoms with E-state index in [9.17, 15) is 4.21 Å². The van der Waals surface area contributed by atoms with Gasteiger partial charge in [0.15, 0.2) is 0 Å². The molecule has 2 unspecified atom stereocenters. The van der Waals surface area contributed by atoms with Crippen molar-refractivity contribution in [2.24, 2.45) is 0 Å². The number of benzene rings is 1. The highest BCUT2D eigenvalue weighted by molar-refractivity contribution is 7.84. The molecule has 1 heterocycles. The van der Waals surface area contributed by atoms with Gasteiger partial charge >= 0.3 is 0 Å². The number of anilines is 1. The molecular weight excluding hydrogens is 268 g/mol. The first-order valence-corrected chi connectivity index (χ1v) is 9.15. The van der Waals surface area contributed by atoms with Gasteiger partial charge in [-0.2, -0.15) is 0 Å². The summed E-state index contributed by atoms with van der Waals surface area (Å²) in [5.74, 6) is 0.781. The van der Waals surface area contributed by atoms with Gasteiger partial charge < -0.3 is 10.2 Å². The van der Waals surface area contributed by atoms with Crippen LogP contribution in [0.2, 0.25) is 0 Å². The van der Waals surface area contributed by atoms with E-state index in [1.807, 2.05) is 0 Å². The minimum absolute atomic E-state index is 0.414. The molecule has 0 radical (unpaired) electrons. The molecule has 4 heteroatoms. The van der Waals surface area contributed by atoms with E-state index in [-0.39, 0.29) is 0 Å². The maximum atomic E-state index is 11.1. The van der Waals surface area contributed by atoms with Gasteiger partial charge in [0.05, 0.1) is 0 Å². The van der Waals surface area contributed by atoms with Crippen LogP contribution in [0.4, 0.5) is 5.69 Å². The summed E-state index contributed by atoms with van der Waals surface area (Å²) in [6.45, 7) is 4.23. The summed E-state index contributed by atoms with van der Waals surface area (Å²) in [5, 5.41) is 3.52. The molecule has 0 aromatic heterocycles. The Labute approximate surface area is 125 Å². The van der Waals surface area contributed by atoms with Crippen LogP contribution in [0.3, 0.4) is 0 Å². The fraction of sp³-hybridized carbons (Fsp3) is 0.625. The number of aryl methyl sites for hydroxylation is 1. The Balaban J connectivity index is 1.89. The topological polar surface area (TPSA) is 32.3 Å². The summed E-state index contributed by atoms with van der Waals surface area (Å²) in [6, 6.07) is 7.22. The van der Waals surface area contributed by atoms with Crippen LogP contribution in [0, 0.1) is 0 Å². The van der Waals surface area contributed by atoms with Gasteiger partial charge in [0, 0.05) is 54.7 Å². The van der Waals surface area contributed by atoms with Crippen molar-refractivity contribution < 1.29 is 4.21 Å². The molecule has 0 amide bonds. The summed E-state index contributed by atoms with van der Waals surface area (Å²) in [4.78, 5) is 2.34. The predicted octanol–water partition coefficient (Wildman–Crippen LogP) is 2.32. The first-order chi connectivity index (χ1) is 9.56. The van der Waals surface area contributed by atoms with Crippen molar-refractivity contribution >= 4 is 16.5 Å². The largest absolute Gasteiger partial charge is 0.374 e. The molecule has 0 aliphatic carbocycles. The fourth-order valence-corrected chi connectivity index (χ4v) is 3.37.